The number of hydrogen-bond donors (Lipinski definition) is 5. The molecule has 0 radical (unpaired) electrons. The van der Waals surface area contributed by atoms with Crippen LogP contribution >= 0.6 is 0 Å². The summed E-state index contributed by atoms with van der Waals surface area (Å²) < 4.78 is 16.8. The number of benzene rings is 2. The molecular weight excluding hydrogens is 750 g/mol. The predicted octanol–water partition coefficient (Wildman–Crippen LogP) is 2.98. The molecule has 0 bridgehead atoms. The summed E-state index contributed by atoms with van der Waals surface area (Å²) in [6.07, 6.45) is 6.68. The van der Waals surface area contributed by atoms with E-state index in [1.165, 1.54) is 13.2 Å². The van der Waals surface area contributed by atoms with Crippen molar-refractivity contribution < 1.29 is 43.0 Å². The molecule has 6 amide bonds. The molecule has 3 aliphatic heterocycles. The molecule has 2 atom stereocenters. The largest absolute Gasteiger partial charge is 0.495 e. The first kappa shape index (κ1) is 40.1. The van der Waals surface area contributed by atoms with Crippen molar-refractivity contribution >= 4 is 64.3 Å². The molecule has 1 unspecified atom stereocenters. The van der Waals surface area contributed by atoms with Gasteiger partial charge in [0.2, 0.25) is 23.7 Å². The Bertz CT molecular complexity index is 2090. The number of amides is 6. The molecule has 18 heteroatoms. The zero-order valence-electron chi connectivity index (χ0n) is 32.4. The maximum atomic E-state index is 13.2. The normalized spacial score (nSPS) is 19.1. The predicted molar refractivity (Wildman–Crippen MR) is 211 cm³/mol. The molecule has 4 heterocycles. The Morgan fingerprint density at radius 2 is 1.67 bits per heavy atom. The second-order valence-electron chi connectivity index (χ2n) is 14.3. The highest BCUT2D eigenvalue weighted by Crippen LogP contribution is 2.38. The van der Waals surface area contributed by atoms with Crippen molar-refractivity contribution in [2.75, 3.05) is 67.5 Å². The van der Waals surface area contributed by atoms with Gasteiger partial charge in [0, 0.05) is 36.8 Å². The van der Waals surface area contributed by atoms with Crippen molar-refractivity contribution in [3.63, 3.8) is 0 Å². The van der Waals surface area contributed by atoms with Gasteiger partial charge in [-0.3, -0.25) is 39.0 Å². The molecule has 7 rings (SSSR count). The minimum Gasteiger partial charge on any atom is -0.495 e. The third-order valence-corrected chi connectivity index (χ3v) is 10.7. The first-order chi connectivity index (χ1) is 28.2. The van der Waals surface area contributed by atoms with E-state index < -0.39 is 29.7 Å². The molecule has 1 aromatic heterocycles. The Labute approximate surface area is 334 Å². The number of methoxy groups -OCH3 is 1. The first-order valence-corrected chi connectivity index (χ1v) is 19.6. The van der Waals surface area contributed by atoms with E-state index in [-0.39, 0.29) is 80.8 Å². The van der Waals surface area contributed by atoms with E-state index in [4.69, 9.17) is 19.2 Å². The van der Waals surface area contributed by atoms with Gasteiger partial charge in [-0.05, 0) is 56.0 Å². The van der Waals surface area contributed by atoms with Crippen LogP contribution in [0, 0.1) is 0 Å². The Balaban J connectivity index is 0.826. The summed E-state index contributed by atoms with van der Waals surface area (Å²) in [5.74, 6) is -1.12. The number of anilines is 5. The molecule has 306 valence electrons. The monoisotopic (exact) mass is 797 g/mol. The van der Waals surface area contributed by atoms with Crippen molar-refractivity contribution in [3.8, 4) is 5.75 Å². The first-order valence-electron chi connectivity index (χ1n) is 19.6. The van der Waals surface area contributed by atoms with Crippen LogP contribution in [0.2, 0.25) is 0 Å². The van der Waals surface area contributed by atoms with Crippen molar-refractivity contribution in [2.24, 2.45) is 0 Å². The van der Waals surface area contributed by atoms with Crippen molar-refractivity contribution in [1.82, 2.24) is 25.5 Å². The zero-order chi connectivity index (χ0) is 40.8. The van der Waals surface area contributed by atoms with Crippen LogP contribution in [0.5, 0.6) is 5.75 Å². The molecule has 0 spiro atoms. The Morgan fingerprint density at radius 3 is 2.41 bits per heavy atom. The van der Waals surface area contributed by atoms with Crippen molar-refractivity contribution in [3.05, 3.63) is 59.3 Å². The van der Waals surface area contributed by atoms with E-state index in [2.05, 4.69) is 36.5 Å². The van der Waals surface area contributed by atoms with Gasteiger partial charge in [-0.15, -0.1) is 0 Å². The van der Waals surface area contributed by atoms with E-state index >= 15 is 0 Å². The molecule has 18 nitrogen and oxygen atoms in total. The number of fused-ring (bicyclic) bond motifs is 2. The van der Waals surface area contributed by atoms with Gasteiger partial charge in [-0.1, -0.05) is 25.8 Å². The van der Waals surface area contributed by atoms with E-state index in [9.17, 15) is 28.8 Å². The van der Waals surface area contributed by atoms with Crippen LogP contribution in [-0.4, -0.2) is 115 Å². The summed E-state index contributed by atoms with van der Waals surface area (Å²) in [6.45, 7) is 3.72. The fourth-order valence-electron chi connectivity index (χ4n) is 7.84. The highest BCUT2D eigenvalue weighted by Gasteiger charge is 2.45. The maximum absolute atomic E-state index is 13.2. The number of nitrogens with one attached hydrogen (secondary N) is 5. The average Bonchev–Trinajstić information content (AvgIpc) is 3.84. The number of carbonyl (C=O) groups excluding carboxylic acids is 6. The molecule has 1 saturated carbocycles. The minimum atomic E-state index is -1.04. The lowest BCUT2D eigenvalue weighted by Crippen LogP contribution is -2.54. The number of ether oxygens (including phenoxy) is 3. The number of rotatable bonds is 17. The summed E-state index contributed by atoms with van der Waals surface area (Å²) in [5.41, 5.74) is 2.38. The highest BCUT2D eigenvalue weighted by atomic mass is 16.5. The molecule has 5 N–H and O–H groups in total. The van der Waals surface area contributed by atoms with Crippen molar-refractivity contribution in [2.45, 2.75) is 70.0 Å². The number of hydrogen-bond acceptors (Lipinski definition) is 14. The van der Waals surface area contributed by atoms with Gasteiger partial charge in [0.25, 0.3) is 17.7 Å². The van der Waals surface area contributed by atoms with Gasteiger partial charge in [0.1, 0.15) is 23.5 Å². The number of carbonyl (C=O) groups is 6. The van der Waals surface area contributed by atoms with Crippen LogP contribution < -0.4 is 36.2 Å². The second-order valence-corrected chi connectivity index (χ2v) is 14.3. The van der Waals surface area contributed by atoms with E-state index in [0.717, 1.165) is 30.6 Å². The standard InChI is InChI=1S/C40H47N9O9/c1-3-29-36(52)44-28-22-43-40(47-34(28)48(29)24-7-4-5-8-24)45-26-12-11-23(21-31(26)56-2)35(51)42-16-18-58-20-19-57-17-15-41-27-10-6-9-25-33(27)39(55)49(38(25)54)30-13-14-32(50)46-37(30)53/h6,9-12,21-22,24,29-30,41H,3-5,7-8,13-20H2,1-2H3,(H,42,51)(H,44,52)(H,43,45,47)(H,46,50,53)/t29-,30?/m1/s1. The minimum absolute atomic E-state index is 0.0403. The molecular formula is C40H47N9O9. The number of aromatic nitrogens is 2. The van der Waals surface area contributed by atoms with Gasteiger partial charge in [-0.2, -0.15) is 4.98 Å². The molecule has 4 aliphatic rings. The van der Waals surface area contributed by atoms with Crippen molar-refractivity contribution in [1.29, 1.82) is 0 Å². The van der Waals surface area contributed by atoms with Crippen LogP contribution in [-0.2, 0) is 23.9 Å². The zero-order valence-corrected chi connectivity index (χ0v) is 32.4. The fourth-order valence-corrected chi connectivity index (χ4v) is 7.84. The third kappa shape index (κ3) is 8.43. The molecule has 3 aromatic rings. The third-order valence-electron chi connectivity index (χ3n) is 10.7. The van der Waals surface area contributed by atoms with Gasteiger partial charge in [0.05, 0.1) is 56.5 Å². The molecule has 2 fully saturated rings. The lowest BCUT2D eigenvalue weighted by Gasteiger charge is -2.40. The lowest BCUT2D eigenvalue weighted by molar-refractivity contribution is -0.136. The number of imide groups is 2. The maximum Gasteiger partial charge on any atom is 0.264 e. The topological polar surface area (TPSA) is 223 Å². The van der Waals surface area contributed by atoms with Crippen LogP contribution in [0.15, 0.2) is 42.6 Å². The van der Waals surface area contributed by atoms with E-state index in [1.54, 1.807) is 36.5 Å². The Kier molecular flexibility index (Phi) is 12.4. The Morgan fingerprint density at radius 1 is 0.897 bits per heavy atom. The van der Waals surface area contributed by atoms with E-state index in [0.29, 0.717) is 53.1 Å². The van der Waals surface area contributed by atoms with E-state index in [1.807, 2.05) is 6.92 Å². The van der Waals surface area contributed by atoms with Gasteiger partial charge in [-0.25, -0.2) is 4.98 Å². The van der Waals surface area contributed by atoms with Gasteiger partial charge >= 0.3 is 0 Å². The van der Waals surface area contributed by atoms with Crippen LogP contribution in [0.25, 0.3) is 0 Å². The SMILES string of the molecule is CC[C@@H]1C(=O)Nc2cnc(Nc3ccc(C(=O)NCCOCCOCCNc4cccc5c4C(=O)N(C4CCC(=O)NC4=O)C5=O)cc3OC)nc2N1C1CCCC1. The summed E-state index contributed by atoms with van der Waals surface area (Å²) in [5, 5.41) is 14.3. The average molecular weight is 798 g/mol. The van der Waals surface area contributed by atoms with Crippen LogP contribution in [0.3, 0.4) is 0 Å². The summed E-state index contributed by atoms with van der Waals surface area (Å²) in [6, 6.07) is 8.80. The fraction of sp³-hybridized carbons (Fsp3) is 0.450. The molecule has 1 aliphatic carbocycles. The van der Waals surface area contributed by atoms with Gasteiger partial charge in [0.15, 0.2) is 5.82 Å². The lowest BCUT2D eigenvalue weighted by atomic mass is 10.0. The number of nitrogens with zero attached hydrogens (tertiary/aromatic N) is 4. The summed E-state index contributed by atoms with van der Waals surface area (Å²) in [4.78, 5) is 88.4. The Hall–Kier alpha value is -6.14. The highest BCUT2D eigenvalue weighted by molar-refractivity contribution is 6.25. The summed E-state index contributed by atoms with van der Waals surface area (Å²) >= 11 is 0. The van der Waals surface area contributed by atoms with Crippen LogP contribution in [0.4, 0.5) is 28.8 Å². The molecule has 1 saturated heterocycles. The second kappa shape index (κ2) is 18.0. The summed E-state index contributed by atoms with van der Waals surface area (Å²) in [7, 11) is 1.51. The molecule has 2 aromatic carbocycles. The molecule has 58 heavy (non-hydrogen) atoms. The smallest absolute Gasteiger partial charge is 0.264 e. The van der Waals surface area contributed by atoms with Crippen LogP contribution in [0.1, 0.15) is 82.9 Å². The number of piperidine rings is 1. The quantitative estimate of drug-likeness (QED) is 0.0980. The van der Waals surface area contributed by atoms with Gasteiger partial charge < -0.3 is 40.4 Å².